The van der Waals surface area contributed by atoms with Gasteiger partial charge in [0.05, 0.1) is 6.54 Å². The van der Waals surface area contributed by atoms with Crippen molar-refractivity contribution in [3.8, 4) is 0 Å². The quantitative estimate of drug-likeness (QED) is 0.855. The highest BCUT2D eigenvalue weighted by Crippen LogP contribution is 2.23. The first-order chi connectivity index (χ1) is 10.6. The summed E-state index contributed by atoms with van der Waals surface area (Å²) in [6, 6.07) is 5.78. The minimum atomic E-state index is -0.320. The molecular formula is C16H21N3O3. The van der Waals surface area contributed by atoms with E-state index in [2.05, 4.69) is 4.98 Å². The summed E-state index contributed by atoms with van der Waals surface area (Å²) >= 11 is 0. The van der Waals surface area contributed by atoms with Crippen LogP contribution in [0.1, 0.15) is 25.5 Å². The smallest absolute Gasteiger partial charge is 0.415 e. The summed E-state index contributed by atoms with van der Waals surface area (Å²) in [6.07, 6.45) is 2.59. The number of hydrogen-bond acceptors (Lipinski definition) is 4. The second kappa shape index (κ2) is 6.34. The zero-order valence-corrected chi connectivity index (χ0v) is 12.8. The Labute approximate surface area is 130 Å². The number of amides is 2. The molecule has 3 rings (SSSR count). The number of piperidine rings is 1. The number of rotatable bonds is 3. The van der Waals surface area contributed by atoms with Crippen LogP contribution in [0.15, 0.2) is 18.2 Å². The standard InChI is InChI=1S/C16H21N3O3/c1-12(20)18-7-5-13(6-8-18)11-14-3-2-4-15(17-14)19-9-10-22-16(19)21/h2-4,13H,5-11H2,1H3. The molecule has 1 aromatic rings. The van der Waals surface area contributed by atoms with Crippen LogP contribution in [-0.2, 0) is 16.0 Å². The topological polar surface area (TPSA) is 62.7 Å². The molecule has 0 spiro atoms. The van der Waals surface area contributed by atoms with Gasteiger partial charge in [-0.15, -0.1) is 0 Å². The third-order valence-electron chi connectivity index (χ3n) is 4.39. The lowest BCUT2D eigenvalue weighted by Crippen LogP contribution is -2.37. The molecule has 2 aliphatic heterocycles. The summed E-state index contributed by atoms with van der Waals surface area (Å²) in [6.45, 7) is 4.28. The van der Waals surface area contributed by atoms with Gasteiger partial charge in [-0.3, -0.25) is 9.69 Å². The van der Waals surface area contributed by atoms with E-state index in [0.29, 0.717) is 24.9 Å². The van der Waals surface area contributed by atoms with Crippen molar-refractivity contribution in [3.63, 3.8) is 0 Å². The zero-order valence-electron chi connectivity index (χ0n) is 12.8. The first-order valence-electron chi connectivity index (χ1n) is 7.79. The molecule has 22 heavy (non-hydrogen) atoms. The van der Waals surface area contributed by atoms with Gasteiger partial charge in [-0.25, -0.2) is 9.78 Å². The predicted octanol–water partition coefficient (Wildman–Crippen LogP) is 1.84. The van der Waals surface area contributed by atoms with Crippen LogP contribution in [0, 0.1) is 5.92 Å². The van der Waals surface area contributed by atoms with Crippen molar-refractivity contribution in [3.05, 3.63) is 23.9 Å². The Hall–Kier alpha value is -2.11. The van der Waals surface area contributed by atoms with Gasteiger partial charge in [0.15, 0.2) is 0 Å². The summed E-state index contributed by atoms with van der Waals surface area (Å²) in [5.41, 5.74) is 0.999. The summed E-state index contributed by atoms with van der Waals surface area (Å²) in [7, 11) is 0. The van der Waals surface area contributed by atoms with Crippen molar-refractivity contribution >= 4 is 17.8 Å². The summed E-state index contributed by atoms with van der Waals surface area (Å²) in [5.74, 6) is 1.37. The maximum atomic E-state index is 11.6. The van der Waals surface area contributed by atoms with Crippen LogP contribution in [0.2, 0.25) is 0 Å². The Balaban J connectivity index is 1.61. The number of carbonyl (C=O) groups excluding carboxylic acids is 2. The number of nitrogens with zero attached hydrogens (tertiary/aromatic N) is 3. The van der Waals surface area contributed by atoms with Crippen LogP contribution in [0.25, 0.3) is 0 Å². The molecule has 2 amide bonds. The minimum absolute atomic E-state index is 0.158. The van der Waals surface area contributed by atoms with Gasteiger partial charge in [0.25, 0.3) is 0 Å². The van der Waals surface area contributed by atoms with Crippen LogP contribution in [0.5, 0.6) is 0 Å². The molecule has 3 heterocycles. The molecule has 6 heteroatoms. The van der Waals surface area contributed by atoms with Crippen molar-refractivity contribution in [1.29, 1.82) is 0 Å². The zero-order chi connectivity index (χ0) is 15.5. The second-order valence-corrected chi connectivity index (χ2v) is 5.91. The fourth-order valence-corrected chi connectivity index (χ4v) is 3.08. The Morgan fingerprint density at radius 1 is 1.32 bits per heavy atom. The molecule has 0 saturated carbocycles. The van der Waals surface area contributed by atoms with Crippen LogP contribution < -0.4 is 4.90 Å². The van der Waals surface area contributed by atoms with Gasteiger partial charge in [0.2, 0.25) is 5.91 Å². The molecule has 1 aromatic heterocycles. The molecule has 0 bridgehead atoms. The molecule has 6 nitrogen and oxygen atoms in total. The molecule has 0 atom stereocenters. The van der Waals surface area contributed by atoms with E-state index in [0.717, 1.165) is 38.0 Å². The van der Waals surface area contributed by atoms with E-state index in [-0.39, 0.29) is 12.0 Å². The molecule has 0 N–H and O–H groups in total. The van der Waals surface area contributed by atoms with Crippen LogP contribution in [-0.4, -0.2) is 48.1 Å². The fraction of sp³-hybridized carbons (Fsp3) is 0.562. The Kier molecular flexibility index (Phi) is 4.27. The maximum absolute atomic E-state index is 11.6. The number of ether oxygens (including phenoxy) is 1. The predicted molar refractivity (Wildman–Crippen MR) is 81.6 cm³/mol. The van der Waals surface area contributed by atoms with Gasteiger partial charge in [-0.05, 0) is 37.3 Å². The maximum Gasteiger partial charge on any atom is 0.415 e. The second-order valence-electron chi connectivity index (χ2n) is 5.91. The molecule has 2 saturated heterocycles. The Morgan fingerprint density at radius 3 is 2.73 bits per heavy atom. The van der Waals surface area contributed by atoms with Gasteiger partial charge in [0.1, 0.15) is 12.4 Å². The highest BCUT2D eigenvalue weighted by Gasteiger charge is 2.25. The Morgan fingerprint density at radius 2 is 2.09 bits per heavy atom. The SMILES string of the molecule is CC(=O)N1CCC(Cc2cccc(N3CCOC3=O)n2)CC1. The van der Waals surface area contributed by atoms with E-state index >= 15 is 0 Å². The molecular weight excluding hydrogens is 282 g/mol. The molecule has 0 aromatic carbocycles. The van der Waals surface area contributed by atoms with Gasteiger partial charge >= 0.3 is 6.09 Å². The van der Waals surface area contributed by atoms with E-state index in [4.69, 9.17) is 4.74 Å². The number of pyridine rings is 1. The van der Waals surface area contributed by atoms with Crippen LogP contribution in [0.4, 0.5) is 10.6 Å². The fourth-order valence-electron chi connectivity index (χ4n) is 3.08. The van der Waals surface area contributed by atoms with Gasteiger partial charge in [-0.2, -0.15) is 0 Å². The molecule has 0 aliphatic carbocycles. The molecule has 2 aliphatic rings. The normalized spacial score (nSPS) is 19.4. The van der Waals surface area contributed by atoms with Gasteiger partial charge < -0.3 is 9.64 Å². The van der Waals surface area contributed by atoms with E-state index in [1.165, 1.54) is 0 Å². The third-order valence-corrected chi connectivity index (χ3v) is 4.39. The van der Waals surface area contributed by atoms with E-state index in [1.807, 2.05) is 23.1 Å². The van der Waals surface area contributed by atoms with Gasteiger partial charge in [0, 0.05) is 25.7 Å². The summed E-state index contributed by atoms with van der Waals surface area (Å²) < 4.78 is 4.95. The van der Waals surface area contributed by atoms with E-state index < -0.39 is 0 Å². The summed E-state index contributed by atoms with van der Waals surface area (Å²) in [4.78, 5) is 31.0. The molecule has 0 unspecified atom stereocenters. The van der Waals surface area contributed by atoms with Gasteiger partial charge in [-0.1, -0.05) is 6.07 Å². The summed E-state index contributed by atoms with van der Waals surface area (Å²) in [5, 5.41) is 0. The largest absolute Gasteiger partial charge is 0.447 e. The van der Waals surface area contributed by atoms with Crippen molar-refractivity contribution in [2.24, 2.45) is 5.92 Å². The number of anilines is 1. The van der Waals surface area contributed by atoms with E-state index in [9.17, 15) is 9.59 Å². The van der Waals surface area contributed by atoms with E-state index in [1.54, 1.807) is 11.8 Å². The number of carbonyl (C=O) groups is 2. The first kappa shape index (κ1) is 14.8. The number of cyclic esters (lactones) is 1. The van der Waals surface area contributed by atoms with Crippen LogP contribution in [0.3, 0.4) is 0 Å². The number of aromatic nitrogens is 1. The monoisotopic (exact) mass is 303 g/mol. The van der Waals surface area contributed by atoms with Crippen molar-refractivity contribution in [2.45, 2.75) is 26.2 Å². The van der Waals surface area contributed by atoms with Crippen molar-refractivity contribution in [1.82, 2.24) is 9.88 Å². The average Bonchev–Trinajstić information content (AvgIpc) is 2.94. The lowest BCUT2D eigenvalue weighted by molar-refractivity contribution is -0.130. The first-order valence-corrected chi connectivity index (χ1v) is 7.79. The highest BCUT2D eigenvalue weighted by atomic mass is 16.6. The molecule has 118 valence electrons. The lowest BCUT2D eigenvalue weighted by atomic mass is 9.92. The highest BCUT2D eigenvalue weighted by molar-refractivity contribution is 5.88. The lowest BCUT2D eigenvalue weighted by Gasteiger charge is -2.31. The molecule has 2 fully saturated rings. The average molecular weight is 303 g/mol. The minimum Gasteiger partial charge on any atom is -0.447 e. The van der Waals surface area contributed by atoms with Crippen LogP contribution >= 0.6 is 0 Å². The van der Waals surface area contributed by atoms with Crippen molar-refractivity contribution in [2.75, 3.05) is 31.1 Å². The number of hydrogen-bond donors (Lipinski definition) is 0. The van der Waals surface area contributed by atoms with Crippen molar-refractivity contribution < 1.29 is 14.3 Å². The molecule has 0 radical (unpaired) electrons. The number of likely N-dealkylation sites (tertiary alicyclic amines) is 1. The third kappa shape index (κ3) is 3.21. The Bertz CT molecular complexity index is 568.